The van der Waals surface area contributed by atoms with Gasteiger partial charge in [0.2, 0.25) is 5.91 Å². The van der Waals surface area contributed by atoms with Gasteiger partial charge in [-0.1, -0.05) is 60.3 Å². The van der Waals surface area contributed by atoms with Gasteiger partial charge in [0.1, 0.15) is 5.00 Å². The molecule has 0 bridgehead atoms. The number of anilines is 1. The number of hydrogen-bond acceptors (Lipinski definition) is 6. The fourth-order valence-corrected chi connectivity index (χ4v) is 6.27. The SMILES string of the molecule is CC(Sc1nnc(-c2ccccc2)n1-c1ccccc1)C(=O)Nc1sc2c(c1C(N)=O)CCC2. The summed E-state index contributed by atoms with van der Waals surface area (Å²) < 4.78 is 1.96. The number of nitrogens with two attached hydrogens (primary N) is 1. The van der Waals surface area contributed by atoms with Crippen LogP contribution >= 0.6 is 23.1 Å². The summed E-state index contributed by atoms with van der Waals surface area (Å²) in [7, 11) is 0. The highest BCUT2D eigenvalue weighted by Crippen LogP contribution is 2.39. The molecule has 1 atom stereocenters. The standard InChI is InChI=1S/C25H23N5O2S2/c1-15(23(32)27-24-20(21(26)31)18-13-8-14-19(18)34-24)33-25-29-28-22(16-9-4-2-5-10-16)30(25)17-11-6-3-7-12-17/h2-7,9-12,15H,8,13-14H2,1H3,(H2,26,31)(H,27,32). The number of aromatic nitrogens is 3. The van der Waals surface area contributed by atoms with Crippen molar-refractivity contribution in [2.24, 2.45) is 5.73 Å². The van der Waals surface area contributed by atoms with Gasteiger partial charge in [-0.05, 0) is 43.9 Å². The number of para-hydroxylation sites is 1. The number of hydrogen-bond donors (Lipinski definition) is 2. The number of benzene rings is 2. The second kappa shape index (κ2) is 9.44. The van der Waals surface area contributed by atoms with E-state index in [-0.39, 0.29) is 5.91 Å². The Morgan fingerprint density at radius 1 is 1.06 bits per heavy atom. The molecule has 2 aromatic heterocycles. The van der Waals surface area contributed by atoms with Crippen molar-refractivity contribution in [1.82, 2.24) is 14.8 Å². The number of thiophene rings is 1. The molecule has 5 rings (SSSR count). The van der Waals surface area contributed by atoms with Gasteiger partial charge in [0.15, 0.2) is 11.0 Å². The van der Waals surface area contributed by atoms with Crippen LogP contribution in [-0.4, -0.2) is 31.8 Å². The molecular weight excluding hydrogens is 466 g/mol. The fraction of sp³-hybridized carbons (Fsp3) is 0.200. The zero-order valence-corrected chi connectivity index (χ0v) is 20.2. The lowest BCUT2D eigenvalue weighted by atomic mass is 10.1. The quantitative estimate of drug-likeness (QED) is 0.366. The Balaban J connectivity index is 1.42. The number of aryl methyl sites for hydroxylation is 1. The molecule has 2 aromatic carbocycles. The summed E-state index contributed by atoms with van der Waals surface area (Å²) in [6.07, 6.45) is 2.76. The predicted octanol–water partition coefficient (Wildman–Crippen LogP) is 4.70. The number of carbonyl (C=O) groups is 2. The first-order valence-corrected chi connectivity index (χ1v) is 12.7. The molecule has 2 heterocycles. The third-order valence-corrected chi connectivity index (χ3v) is 7.99. The Bertz CT molecular complexity index is 1350. The van der Waals surface area contributed by atoms with E-state index in [0.29, 0.717) is 21.5 Å². The Morgan fingerprint density at radius 2 is 1.76 bits per heavy atom. The van der Waals surface area contributed by atoms with Crippen molar-refractivity contribution in [2.45, 2.75) is 36.6 Å². The molecule has 4 aromatic rings. The molecule has 9 heteroatoms. The molecule has 34 heavy (non-hydrogen) atoms. The van der Waals surface area contributed by atoms with Crippen LogP contribution in [-0.2, 0) is 17.6 Å². The largest absolute Gasteiger partial charge is 0.365 e. The highest BCUT2D eigenvalue weighted by atomic mass is 32.2. The van der Waals surface area contributed by atoms with Crippen molar-refractivity contribution < 1.29 is 9.59 Å². The average Bonchev–Trinajstić information content (AvgIpc) is 3.54. The summed E-state index contributed by atoms with van der Waals surface area (Å²) in [5.41, 5.74) is 8.93. The van der Waals surface area contributed by atoms with Crippen LogP contribution in [0, 0.1) is 0 Å². The predicted molar refractivity (Wildman–Crippen MR) is 136 cm³/mol. The van der Waals surface area contributed by atoms with E-state index in [9.17, 15) is 9.59 Å². The molecule has 3 N–H and O–H groups in total. The van der Waals surface area contributed by atoms with Gasteiger partial charge in [-0.15, -0.1) is 21.5 Å². The van der Waals surface area contributed by atoms with Gasteiger partial charge < -0.3 is 11.1 Å². The molecule has 0 saturated carbocycles. The van der Waals surface area contributed by atoms with E-state index < -0.39 is 11.2 Å². The first-order chi connectivity index (χ1) is 16.5. The Morgan fingerprint density at radius 3 is 2.47 bits per heavy atom. The van der Waals surface area contributed by atoms with E-state index in [2.05, 4.69) is 15.5 Å². The number of primary amides is 1. The van der Waals surface area contributed by atoms with Crippen LogP contribution in [0.1, 0.15) is 34.1 Å². The second-order valence-corrected chi connectivity index (χ2v) is 10.4. The lowest BCUT2D eigenvalue weighted by Crippen LogP contribution is -2.24. The summed E-state index contributed by atoms with van der Waals surface area (Å²) >= 11 is 2.77. The summed E-state index contributed by atoms with van der Waals surface area (Å²) in [5.74, 6) is -0.00442. The lowest BCUT2D eigenvalue weighted by molar-refractivity contribution is -0.115. The van der Waals surface area contributed by atoms with Crippen LogP contribution in [0.4, 0.5) is 5.00 Å². The maximum Gasteiger partial charge on any atom is 0.251 e. The topological polar surface area (TPSA) is 103 Å². The first kappa shape index (κ1) is 22.4. The van der Waals surface area contributed by atoms with Gasteiger partial charge >= 0.3 is 0 Å². The molecule has 7 nitrogen and oxygen atoms in total. The number of carbonyl (C=O) groups excluding carboxylic acids is 2. The number of amides is 2. The van der Waals surface area contributed by atoms with E-state index in [1.54, 1.807) is 0 Å². The van der Waals surface area contributed by atoms with Crippen molar-refractivity contribution in [3.8, 4) is 17.1 Å². The maximum absolute atomic E-state index is 13.1. The lowest BCUT2D eigenvalue weighted by Gasteiger charge is -2.14. The highest BCUT2D eigenvalue weighted by Gasteiger charge is 2.28. The van der Waals surface area contributed by atoms with Gasteiger partial charge in [-0.3, -0.25) is 14.2 Å². The van der Waals surface area contributed by atoms with E-state index >= 15 is 0 Å². The van der Waals surface area contributed by atoms with Crippen molar-refractivity contribution in [3.63, 3.8) is 0 Å². The number of nitrogens with one attached hydrogen (secondary N) is 1. The summed E-state index contributed by atoms with van der Waals surface area (Å²) in [5, 5.41) is 12.5. The minimum atomic E-state index is -0.494. The van der Waals surface area contributed by atoms with Crippen LogP contribution in [0.15, 0.2) is 65.8 Å². The van der Waals surface area contributed by atoms with Crippen molar-refractivity contribution in [3.05, 3.63) is 76.7 Å². The number of rotatable bonds is 7. The van der Waals surface area contributed by atoms with Crippen LogP contribution in [0.2, 0.25) is 0 Å². The third-order valence-electron chi connectivity index (χ3n) is 5.74. The molecule has 2 amide bonds. The highest BCUT2D eigenvalue weighted by molar-refractivity contribution is 8.00. The van der Waals surface area contributed by atoms with Gasteiger partial charge in [0.25, 0.3) is 5.91 Å². The Kier molecular flexibility index (Phi) is 6.21. The molecule has 1 aliphatic carbocycles. The van der Waals surface area contributed by atoms with Crippen LogP contribution in [0.5, 0.6) is 0 Å². The Labute approximate surface area is 205 Å². The number of nitrogens with zero attached hydrogens (tertiary/aromatic N) is 3. The van der Waals surface area contributed by atoms with Crippen LogP contribution in [0.3, 0.4) is 0 Å². The summed E-state index contributed by atoms with van der Waals surface area (Å²) in [6, 6.07) is 19.7. The molecule has 172 valence electrons. The van der Waals surface area contributed by atoms with Crippen molar-refractivity contribution in [2.75, 3.05) is 5.32 Å². The van der Waals surface area contributed by atoms with E-state index in [0.717, 1.165) is 41.0 Å². The molecule has 0 saturated heterocycles. The Hall–Kier alpha value is -3.43. The second-order valence-electron chi connectivity index (χ2n) is 8.02. The van der Waals surface area contributed by atoms with E-state index in [1.165, 1.54) is 23.1 Å². The smallest absolute Gasteiger partial charge is 0.251 e. The minimum absolute atomic E-state index is 0.212. The third kappa shape index (κ3) is 4.24. The summed E-state index contributed by atoms with van der Waals surface area (Å²) in [6.45, 7) is 1.82. The van der Waals surface area contributed by atoms with Crippen molar-refractivity contribution >= 4 is 39.9 Å². The van der Waals surface area contributed by atoms with E-state index in [1.807, 2.05) is 72.2 Å². The fourth-order valence-electron chi connectivity index (χ4n) is 4.11. The molecule has 0 radical (unpaired) electrons. The van der Waals surface area contributed by atoms with Gasteiger partial charge in [-0.2, -0.15) is 0 Å². The van der Waals surface area contributed by atoms with Gasteiger partial charge in [0.05, 0.1) is 10.8 Å². The van der Waals surface area contributed by atoms with Gasteiger partial charge in [0, 0.05) is 16.1 Å². The number of fused-ring (bicyclic) bond motifs is 1. The molecule has 1 aliphatic rings. The molecule has 0 aliphatic heterocycles. The maximum atomic E-state index is 13.1. The monoisotopic (exact) mass is 489 g/mol. The van der Waals surface area contributed by atoms with Gasteiger partial charge in [-0.25, -0.2) is 0 Å². The average molecular weight is 490 g/mol. The van der Waals surface area contributed by atoms with Crippen LogP contribution in [0.25, 0.3) is 17.1 Å². The molecular formula is C25H23N5O2S2. The van der Waals surface area contributed by atoms with Crippen LogP contribution < -0.4 is 11.1 Å². The number of thioether (sulfide) groups is 1. The minimum Gasteiger partial charge on any atom is -0.365 e. The molecule has 0 spiro atoms. The zero-order valence-electron chi connectivity index (χ0n) is 18.5. The normalized spacial score (nSPS) is 13.4. The zero-order chi connectivity index (χ0) is 23.7. The first-order valence-electron chi connectivity index (χ1n) is 11.0. The summed E-state index contributed by atoms with van der Waals surface area (Å²) in [4.78, 5) is 26.3. The molecule has 1 unspecified atom stereocenters. The van der Waals surface area contributed by atoms with E-state index in [4.69, 9.17) is 5.73 Å². The van der Waals surface area contributed by atoms with Crippen molar-refractivity contribution in [1.29, 1.82) is 0 Å². The molecule has 0 fully saturated rings.